The van der Waals surface area contributed by atoms with Crippen LogP contribution in [0.2, 0.25) is 0 Å². The molecule has 18 heavy (non-hydrogen) atoms. The first-order chi connectivity index (χ1) is 8.46. The Morgan fingerprint density at radius 1 is 1.33 bits per heavy atom. The van der Waals surface area contributed by atoms with Gasteiger partial charge in [-0.25, -0.2) is 4.79 Å². The molecule has 1 aliphatic heterocycles. The van der Waals surface area contributed by atoms with Gasteiger partial charge in [-0.2, -0.15) is 0 Å². The maximum atomic E-state index is 11.3. The Labute approximate surface area is 104 Å². The van der Waals surface area contributed by atoms with E-state index in [1.54, 1.807) is 0 Å². The summed E-state index contributed by atoms with van der Waals surface area (Å²) >= 11 is 0. The molecule has 0 aromatic carbocycles. The Bertz CT molecular complexity index is 632. The molecule has 1 aromatic heterocycles. The first-order valence-electron chi connectivity index (χ1n) is 5.94. The SMILES string of the molecule is CC1(C)C=CC2=C(CCc3c(O)cc(=O)oc32)O1. The minimum Gasteiger partial charge on any atom is -0.507 e. The monoisotopic (exact) mass is 246 g/mol. The normalized spacial score (nSPS) is 20.1. The van der Waals surface area contributed by atoms with Crippen LogP contribution in [0.3, 0.4) is 0 Å². The zero-order valence-electron chi connectivity index (χ0n) is 10.3. The second-order valence-electron chi connectivity index (χ2n) is 5.13. The molecule has 94 valence electrons. The van der Waals surface area contributed by atoms with Gasteiger partial charge in [-0.1, -0.05) is 0 Å². The summed E-state index contributed by atoms with van der Waals surface area (Å²) in [4.78, 5) is 11.3. The zero-order valence-corrected chi connectivity index (χ0v) is 10.3. The predicted molar refractivity (Wildman–Crippen MR) is 66.2 cm³/mol. The van der Waals surface area contributed by atoms with Gasteiger partial charge in [0.25, 0.3) is 0 Å². The molecule has 3 rings (SSSR count). The molecular formula is C14H14O4. The molecule has 0 saturated carbocycles. The standard InChI is InChI=1S/C14H14O4/c1-14(2)6-5-9-11(18-14)4-3-8-10(15)7-12(16)17-13(8)9/h5-7,15H,3-4H2,1-2H3. The molecule has 0 unspecified atom stereocenters. The van der Waals surface area contributed by atoms with E-state index in [9.17, 15) is 9.90 Å². The number of ether oxygens (including phenoxy) is 1. The van der Waals surface area contributed by atoms with Crippen molar-refractivity contribution in [3.63, 3.8) is 0 Å². The Morgan fingerprint density at radius 2 is 2.11 bits per heavy atom. The number of allylic oxidation sites excluding steroid dienone is 3. The summed E-state index contributed by atoms with van der Waals surface area (Å²) in [6, 6.07) is 1.11. The minimum absolute atomic E-state index is 0.00559. The summed E-state index contributed by atoms with van der Waals surface area (Å²) < 4.78 is 11.1. The van der Waals surface area contributed by atoms with E-state index < -0.39 is 5.63 Å². The van der Waals surface area contributed by atoms with Gasteiger partial charge in [0.2, 0.25) is 0 Å². The van der Waals surface area contributed by atoms with E-state index in [1.807, 2.05) is 26.0 Å². The topological polar surface area (TPSA) is 59.7 Å². The third kappa shape index (κ3) is 1.65. The molecule has 0 amide bonds. The van der Waals surface area contributed by atoms with Gasteiger partial charge in [0.15, 0.2) is 0 Å². The van der Waals surface area contributed by atoms with E-state index in [2.05, 4.69) is 0 Å². The van der Waals surface area contributed by atoms with Crippen LogP contribution in [0, 0.1) is 0 Å². The van der Waals surface area contributed by atoms with Gasteiger partial charge in [0.1, 0.15) is 22.9 Å². The van der Waals surface area contributed by atoms with Crippen LogP contribution in [0.15, 0.2) is 33.2 Å². The smallest absolute Gasteiger partial charge is 0.339 e. The average Bonchev–Trinajstić information content (AvgIpc) is 2.26. The van der Waals surface area contributed by atoms with Crippen molar-refractivity contribution >= 4 is 5.57 Å². The van der Waals surface area contributed by atoms with Crippen LogP contribution in [-0.2, 0) is 11.2 Å². The maximum Gasteiger partial charge on any atom is 0.339 e. The molecule has 1 aliphatic carbocycles. The van der Waals surface area contributed by atoms with Gasteiger partial charge in [0.05, 0.1) is 11.6 Å². The fraction of sp³-hybridized carbons (Fsp3) is 0.357. The summed E-state index contributed by atoms with van der Waals surface area (Å²) in [6.07, 6.45) is 5.15. The molecule has 0 saturated heterocycles. The zero-order chi connectivity index (χ0) is 12.9. The fourth-order valence-corrected chi connectivity index (χ4v) is 2.38. The summed E-state index contributed by atoms with van der Waals surface area (Å²) in [5.74, 6) is 1.27. The molecule has 1 N–H and O–H groups in total. The van der Waals surface area contributed by atoms with Crippen molar-refractivity contribution in [2.24, 2.45) is 0 Å². The van der Waals surface area contributed by atoms with Crippen molar-refractivity contribution in [2.75, 3.05) is 0 Å². The quantitative estimate of drug-likeness (QED) is 0.763. The third-order valence-corrected chi connectivity index (χ3v) is 3.23. The number of fused-ring (bicyclic) bond motifs is 2. The van der Waals surface area contributed by atoms with E-state index in [1.165, 1.54) is 0 Å². The molecule has 0 spiro atoms. The lowest BCUT2D eigenvalue weighted by Crippen LogP contribution is -2.26. The van der Waals surface area contributed by atoms with Crippen LogP contribution in [0.4, 0.5) is 0 Å². The van der Waals surface area contributed by atoms with Gasteiger partial charge in [0, 0.05) is 12.0 Å². The van der Waals surface area contributed by atoms with E-state index in [0.29, 0.717) is 24.2 Å². The highest BCUT2D eigenvalue weighted by Gasteiger charge is 2.30. The highest BCUT2D eigenvalue weighted by molar-refractivity contribution is 5.78. The summed E-state index contributed by atoms with van der Waals surface area (Å²) in [7, 11) is 0. The van der Waals surface area contributed by atoms with Gasteiger partial charge < -0.3 is 14.3 Å². The number of aromatic hydroxyl groups is 1. The largest absolute Gasteiger partial charge is 0.507 e. The van der Waals surface area contributed by atoms with Crippen molar-refractivity contribution in [2.45, 2.75) is 32.3 Å². The Kier molecular flexibility index (Phi) is 2.17. The molecule has 0 atom stereocenters. The van der Waals surface area contributed by atoms with Crippen LogP contribution in [0.25, 0.3) is 5.57 Å². The first kappa shape index (κ1) is 11.1. The fourth-order valence-electron chi connectivity index (χ4n) is 2.38. The lowest BCUT2D eigenvalue weighted by molar-refractivity contribution is 0.0695. The summed E-state index contributed by atoms with van der Waals surface area (Å²) in [6.45, 7) is 3.95. The Morgan fingerprint density at radius 3 is 2.89 bits per heavy atom. The van der Waals surface area contributed by atoms with Crippen LogP contribution in [0.1, 0.15) is 31.6 Å². The Hall–Kier alpha value is -1.97. The van der Waals surface area contributed by atoms with Crippen LogP contribution in [0.5, 0.6) is 5.75 Å². The average molecular weight is 246 g/mol. The molecule has 1 aromatic rings. The van der Waals surface area contributed by atoms with Gasteiger partial charge in [-0.15, -0.1) is 0 Å². The number of hydrogen-bond donors (Lipinski definition) is 1. The van der Waals surface area contributed by atoms with E-state index in [0.717, 1.165) is 17.4 Å². The van der Waals surface area contributed by atoms with E-state index >= 15 is 0 Å². The van der Waals surface area contributed by atoms with Crippen molar-refractivity contribution in [3.05, 3.63) is 45.7 Å². The van der Waals surface area contributed by atoms with Gasteiger partial charge in [-0.05, 0) is 32.4 Å². The van der Waals surface area contributed by atoms with Gasteiger partial charge >= 0.3 is 5.63 Å². The lowest BCUT2D eigenvalue weighted by atomic mass is 9.91. The van der Waals surface area contributed by atoms with Gasteiger partial charge in [-0.3, -0.25) is 0 Å². The third-order valence-electron chi connectivity index (χ3n) is 3.23. The first-order valence-corrected chi connectivity index (χ1v) is 5.94. The summed E-state index contributed by atoms with van der Waals surface area (Å²) in [5.41, 5.74) is 0.566. The van der Waals surface area contributed by atoms with Crippen molar-refractivity contribution in [1.82, 2.24) is 0 Å². The van der Waals surface area contributed by atoms with Crippen LogP contribution >= 0.6 is 0 Å². The molecule has 0 radical (unpaired) electrons. The van der Waals surface area contributed by atoms with E-state index in [-0.39, 0.29) is 11.4 Å². The molecular weight excluding hydrogens is 232 g/mol. The second kappa shape index (κ2) is 3.51. The van der Waals surface area contributed by atoms with Crippen LogP contribution < -0.4 is 5.63 Å². The lowest BCUT2D eigenvalue weighted by Gasteiger charge is -2.32. The van der Waals surface area contributed by atoms with Crippen molar-refractivity contribution < 1.29 is 14.3 Å². The maximum absolute atomic E-state index is 11.3. The highest BCUT2D eigenvalue weighted by atomic mass is 16.5. The number of rotatable bonds is 0. The second-order valence-corrected chi connectivity index (χ2v) is 5.13. The summed E-state index contributed by atoms with van der Waals surface area (Å²) in [5, 5.41) is 9.78. The molecule has 4 heteroatoms. The Balaban J connectivity index is 2.19. The molecule has 2 heterocycles. The molecule has 0 bridgehead atoms. The van der Waals surface area contributed by atoms with Crippen molar-refractivity contribution in [1.29, 1.82) is 0 Å². The molecule has 4 nitrogen and oxygen atoms in total. The molecule has 0 fully saturated rings. The van der Waals surface area contributed by atoms with Crippen molar-refractivity contribution in [3.8, 4) is 5.75 Å². The highest BCUT2D eigenvalue weighted by Crippen LogP contribution is 2.40. The molecule has 2 aliphatic rings. The predicted octanol–water partition coefficient (Wildman–Crippen LogP) is 2.37. The van der Waals surface area contributed by atoms with E-state index in [4.69, 9.17) is 9.15 Å². The van der Waals surface area contributed by atoms with Crippen LogP contribution in [-0.4, -0.2) is 10.7 Å². The number of hydrogen-bond acceptors (Lipinski definition) is 4. The minimum atomic E-state index is -0.543.